The molecular formula is C8H10N4S2. The summed E-state index contributed by atoms with van der Waals surface area (Å²) in [6, 6.07) is 0.209. The summed E-state index contributed by atoms with van der Waals surface area (Å²) in [5, 5.41) is 9.71. The van der Waals surface area contributed by atoms with Crippen LogP contribution >= 0.6 is 23.6 Å². The smallest absolute Gasteiger partial charge is 0.195 e. The summed E-state index contributed by atoms with van der Waals surface area (Å²) in [7, 11) is 0. The molecule has 1 N–H and O–H groups in total. The first-order valence-corrected chi connectivity index (χ1v) is 5.62. The topological polar surface area (TPSA) is 46.5 Å². The van der Waals surface area contributed by atoms with Gasteiger partial charge in [0.1, 0.15) is 11.3 Å². The fraction of sp³-hybridized carbons (Fsp3) is 0.375. The monoisotopic (exact) mass is 226 g/mol. The number of hydrogen-bond acceptors (Lipinski definition) is 4. The third-order valence-electron chi connectivity index (χ3n) is 2.04. The predicted octanol–water partition coefficient (Wildman–Crippen LogP) is 2.40. The van der Waals surface area contributed by atoms with Crippen molar-refractivity contribution in [3.05, 3.63) is 27.7 Å². The van der Waals surface area contributed by atoms with Crippen molar-refractivity contribution in [2.24, 2.45) is 0 Å². The Labute approximate surface area is 90.6 Å². The van der Waals surface area contributed by atoms with E-state index >= 15 is 0 Å². The van der Waals surface area contributed by atoms with Gasteiger partial charge in [0.05, 0.1) is 6.04 Å². The fourth-order valence-corrected chi connectivity index (χ4v) is 2.42. The molecule has 0 aliphatic heterocycles. The van der Waals surface area contributed by atoms with E-state index in [1.165, 1.54) is 0 Å². The molecule has 0 aromatic carbocycles. The second-order valence-electron chi connectivity index (χ2n) is 2.86. The Kier molecular flexibility index (Phi) is 2.74. The maximum Gasteiger partial charge on any atom is 0.195 e. The van der Waals surface area contributed by atoms with Crippen molar-refractivity contribution < 1.29 is 0 Å². The van der Waals surface area contributed by atoms with Gasteiger partial charge in [0.15, 0.2) is 4.77 Å². The number of aromatic amines is 1. The Morgan fingerprint density at radius 3 is 3.07 bits per heavy atom. The van der Waals surface area contributed by atoms with Crippen LogP contribution in [0.15, 0.2) is 17.9 Å². The van der Waals surface area contributed by atoms with E-state index in [-0.39, 0.29) is 6.04 Å². The van der Waals surface area contributed by atoms with Crippen LogP contribution in [-0.4, -0.2) is 19.7 Å². The van der Waals surface area contributed by atoms with E-state index in [2.05, 4.69) is 22.1 Å². The van der Waals surface area contributed by atoms with Gasteiger partial charge in [-0.2, -0.15) is 5.10 Å². The summed E-state index contributed by atoms with van der Waals surface area (Å²) in [6.07, 6.45) is 4.49. The maximum absolute atomic E-state index is 5.12. The van der Waals surface area contributed by atoms with E-state index in [9.17, 15) is 0 Å². The minimum Gasteiger partial charge on any atom is -0.297 e. The second-order valence-corrected chi connectivity index (χ2v) is 4.18. The standard InChI is InChI=1S/C8H10N4S2/c1-2-6(7-9-3-4-14-7)12-5-10-11-8(12)13/h3-6H,2H2,1H3,(H,11,13). The molecule has 74 valence electrons. The van der Waals surface area contributed by atoms with Gasteiger partial charge >= 0.3 is 0 Å². The van der Waals surface area contributed by atoms with Gasteiger partial charge in [0.2, 0.25) is 0 Å². The molecule has 0 fully saturated rings. The van der Waals surface area contributed by atoms with Gasteiger partial charge < -0.3 is 0 Å². The second kappa shape index (κ2) is 4.02. The summed E-state index contributed by atoms with van der Waals surface area (Å²) in [5.74, 6) is 0. The number of aromatic nitrogens is 4. The first-order valence-electron chi connectivity index (χ1n) is 4.33. The maximum atomic E-state index is 5.12. The lowest BCUT2D eigenvalue weighted by Gasteiger charge is -2.12. The largest absolute Gasteiger partial charge is 0.297 e. The van der Waals surface area contributed by atoms with Gasteiger partial charge in [0.25, 0.3) is 0 Å². The van der Waals surface area contributed by atoms with Crippen LogP contribution in [0.2, 0.25) is 0 Å². The third kappa shape index (κ3) is 1.62. The van der Waals surface area contributed by atoms with Crippen LogP contribution in [0.25, 0.3) is 0 Å². The molecule has 2 heterocycles. The van der Waals surface area contributed by atoms with Crippen molar-refractivity contribution in [3.63, 3.8) is 0 Å². The van der Waals surface area contributed by atoms with Gasteiger partial charge in [-0.3, -0.25) is 9.67 Å². The Morgan fingerprint density at radius 1 is 1.71 bits per heavy atom. The van der Waals surface area contributed by atoms with Gasteiger partial charge in [-0.25, -0.2) is 4.98 Å². The Balaban J connectivity index is 2.41. The Bertz CT molecular complexity index is 442. The average molecular weight is 226 g/mol. The quantitative estimate of drug-likeness (QED) is 0.817. The lowest BCUT2D eigenvalue weighted by Crippen LogP contribution is -2.08. The van der Waals surface area contributed by atoms with E-state index in [1.54, 1.807) is 17.7 Å². The van der Waals surface area contributed by atoms with Crippen molar-refractivity contribution in [1.29, 1.82) is 0 Å². The number of rotatable bonds is 3. The minimum absolute atomic E-state index is 0.209. The zero-order valence-corrected chi connectivity index (χ0v) is 9.31. The molecule has 0 aliphatic rings. The summed E-state index contributed by atoms with van der Waals surface area (Å²) >= 11 is 6.77. The van der Waals surface area contributed by atoms with Crippen molar-refractivity contribution in [3.8, 4) is 0 Å². The van der Waals surface area contributed by atoms with Crippen LogP contribution in [0.4, 0.5) is 0 Å². The molecule has 2 aromatic heterocycles. The molecule has 0 radical (unpaired) electrons. The van der Waals surface area contributed by atoms with Gasteiger partial charge in [-0.05, 0) is 18.6 Å². The molecule has 4 nitrogen and oxygen atoms in total. The fourth-order valence-electron chi connectivity index (χ4n) is 1.37. The Hall–Kier alpha value is -1.01. The molecule has 0 bridgehead atoms. The van der Waals surface area contributed by atoms with Crippen molar-refractivity contribution in [2.75, 3.05) is 0 Å². The van der Waals surface area contributed by atoms with E-state index in [4.69, 9.17) is 12.2 Å². The molecule has 1 atom stereocenters. The zero-order chi connectivity index (χ0) is 9.97. The zero-order valence-electron chi connectivity index (χ0n) is 7.67. The summed E-state index contributed by atoms with van der Waals surface area (Å²) in [6.45, 7) is 2.11. The van der Waals surface area contributed by atoms with Crippen LogP contribution in [0.1, 0.15) is 24.4 Å². The molecule has 0 saturated heterocycles. The van der Waals surface area contributed by atoms with E-state index < -0.39 is 0 Å². The average Bonchev–Trinajstić information content (AvgIpc) is 2.80. The highest BCUT2D eigenvalue weighted by molar-refractivity contribution is 7.71. The van der Waals surface area contributed by atoms with Crippen LogP contribution in [0, 0.1) is 4.77 Å². The molecule has 0 saturated carbocycles. The van der Waals surface area contributed by atoms with Crippen molar-refractivity contribution in [1.82, 2.24) is 19.7 Å². The van der Waals surface area contributed by atoms with Crippen LogP contribution < -0.4 is 0 Å². The molecule has 0 aliphatic carbocycles. The molecule has 0 spiro atoms. The first kappa shape index (κ1) is 9.54. The van der Waals surface area contributed by atoms with E-state index in [0.29, 0.717) is 4.77 Å². The van der Waals surface area contributed by atoms with Crippen molar-refractivity contribution in [2.45, 2.75) is 19.4 Å². The lowest BCUT2D eigenvalue weighted by atomic mass is 10.2. The summed E-state index contributed by atoms with van der Waals surface area (Å²) in [5.41, 5.74) is 0. The van der Waals surface area contributed by atoms with Gasteiger partial charge in [-0.15, -0.1) is 11.3 Å². The van der Waals surface area contributed by atoms with Crippen LogP contribution in [-0.2, 0) is 0 Å². The van der Waals surface area contributed by atoms with Crippen LogP contribution in [0.3, 0.4) is 0 Å². The van der Waals surface area contributed by atoms with Gasteiger partial charge in [-0.1, -0.05) is 6.92 Å². The van der Waals surface area contributed by atoms with Gasteiger partial charge in [0, 0.05) is 11.6 Å². The number of hydrogen-bond donors (Lipinski definition) is 1. The van der Waals surface area contributed by atoms with Crippen molar-refractivity contribution >= 4 is 23.6 Å². The summed E-state index contributed by atoms with van der Waals surface area (Å²) in [4.78, 5) is 4.29. The Morgan fingerprint density at radius 2 is 2.57 bits per heavy atom. The number of nitrogens with one attached hydrogen (secondary N) is 1. The molecule has 6 heteroatoms. The summed E-state index contributed by atoms with van der Waals surface area (Å²) < 4.78 is 2.58. The number of thiazole rings is 1. The molecule has 2 aromatic rings. The molecule has 14 heavy (non-hydrogen) atoms. The number of H-pyrrole nitrogens is 1. The SMILES string of the molecule is CCC(c1nccs1)n1cn[nH]c1=S. The molecule has 1 unspecified atom stereocenters. The third-order valence-corrected chi connectivity index (χ3v) is 3.21. The first-order chi connectivity index (χ1) is 6.83. The lowest BCUT2D eigenvalue weighted by molar-refractivity contribution is 0.555. The van der Waals surface area contributed by atoms with Crippen LogP contribution in [0.5, 0.6) is 0 Å². The molecule has 0 amide bonds. The highest BCUT2D eigenvalue weighted by atomic mass is 32.1. The highest BCUT2D eigenvalue weighted by Gasteiger charge is 2.14. The molecular weight excluding hydrogens is 216 g/mol. The molecule has 2 rings (SSSR count). The van der Waals surface area contributed by atoms with E-state index in [1.807, 2.05) is 16.1 Å². The minimum atomic E-state index is 0.209. The highest BCUT2D eigenvalue weighted by Crippen LogP contribution is 2.23. The van der Waals surface area contributed by atoms with E-state index in [0.717, 1.165) is 11.4 Å². The predicted molar refractivity (Wildman–Crippen MR) is 58.0 cm³/mol. The number of nitrogens with zero attached hydrogens (tertiary/aromatic N) is 3. The normalized spacial score (nSPS) is 12.9.